The largest absolute Gasteiger partial charge is 0.463 e. The zero-order chi connectivity index (χ0) is 22.3. The van der Waals surface area contributed by atoms with Crippen LogP contribution in [0.1, 0.15) is 29.7 Å². The van der Waals surface area contributed by atoms with Gasteiger partial charge in [0.25, 0.3) is 5.91 Å². The van der Waals surface area contributed by atoms with E-state index in [0.717, 1.165) is 16.7 Å². The second kappa shape index (κ2) is 9.96. The van der Waals surface area contributed by atoms with E-state index < -0.39 is 12.0 Å². The van der Waals surface area contributed by atoms with E-state index in [0.29, 0.717) is 24.4 Å². The first-order chi connectivity index (χ1) is 15.7. The molecule has 1 aliphatic rings. The number of hydrogen-bond donors (Lipinski definition) is 1. The third-order valence-corrected chi connectivity index (χ3v) is 5.45. The summed E-state index contributed by atoms with van der Waals surface area (Å²) in [6.45, 7) is 2.83. The van der Waals surface area contributed by atoms with Crippen molar-refractivity contribution < 1.29 is 14.3 Å². The van der Waals surface area contributed by atoms with Crippen LogP contribution < -0.4 is 5.32 Å². The van der Waals surface area contributed by atoms with Crippen molar-refractivity contribution in [3.63, 3.8) is 0 Å². The van der Waals surface area contributed by atoms with Gasteiger partial charge in [-0.1, -0.05) is 91.0 Å². The fraction of sp³-hybridized carbons (Fsp3) is 0.185. The van der Waals surface area contributed by atoms with Gasteiger partial charge in [0.05, 0.1) is 18.2 Å². The molecule has 1 amide bonds. The number of carbonyl (C=O) groups excluding carboxylic acids is 2. The summed E-state index contributed by atoms with van der Waals surface area (Å²) in [5, 5.41) is 3.24. The molecule has 5 nitrogen and oxygen atoms in total. The summed E-state index contributed by atoms with van der Waals surface area (Å²) in [5.74, 6) is -0.678. The number of ether oxygens (including phenoxy) is 1. The zero-order valence-corrected chi connectivity index (χ0v) is 18.0. The number of hydrogen-bond acceptors (Lipinski definition) is 4. The fourth-order valence-corrected chi connectivity index (χ4v) is 3.97. The Morgan fingerprint density at radius 2 is 1.44 bits per heavy atom. The van der Waals surface area contributed by atoms with E-state index in [1.165, 1.54) is 0 Å². The molecule has 1 unspecified atom stereocenters. The lowest BCUT2D eigenvalue weighted by Crippen LogP contribution is -2.32. The molecular formula is C27H26N2O3. The molecule has 4 rings (SSSR count). The van der Waals surface area contributed by atoms with E-state index in [1.54, 1.807) is 11.8 Å². The molecule has 1 aliphatic heterocycles. The normalized spacial score (nSPS) is 15.7. The quantitative estimate of drug-likeness (QED) is 0.543. The topological polar surface area (TPSA) is 58.6 Å². The SMILES string of the molecule is CCOC(=O)C1=C(NCc2ccccc2)C(=O)N(Cc2ccccc2)C1c1ccccc1. The predicted molar refractivity (Wildman–Crippen MR) is 123 cm³/mol. The van der Waals surface area contributed by atoms with Crippen molar-refractivity contribution in [2.45, 2.75) is 26.1 Å². The van der Waals surface area contributed by atoms with E-state index in [1.807, 2.05) is 91.0 Å². The van der Waals surface area contributed by atoms with E-state index in [-0.39, 0.29) is 12.5 Å². The van der Waals surface area contributed by atoms with Crippen LogP contribution in [0, 0.1) is 0 Å². The van der Waals surface area contributed by atoms with Crippen LogP contribution in [0.25, 0.3) is 0 Å². The smallest absolute Gasteiger partial charge is 0.338 e. The molecule has 1 atom stereocenters. The molecule has 0 aliphatic carbocycles. The highest BCUT2D eigenvalue weighted by molar-refractivity contribution is 6.07. The Labute approximate surface area is 188 Å². The number of benzene rings is 3. The maximum absolute atomic E-state index is 13.6. The summed E-state index contributed by atoms with van der Waals surface area (Å²) < 4.78 is 5.39. The molecule has 162 valence electrons. The Kier molecular flexibility index (Phi) is 6.66. The highest BCUT2D eigenvalue weighted by atomic mass is 16.5. The maximum atomic E-state index is 13.6. The Bertz CT molecular complexity index is 1100. The van der Waals surface area contributed by atoms with Crippen molar-refractivity contribution in [2.75, 3.05) is 6.61 Å². The molecule has 0 saturated heterocycles. The van der Waals surface area contributed by atoms with Gasteiger partial charge in [0.2, 0.25) is 0 Å². The summed E-state index contributed by atoms with van der Waals surface area (Å²) in [6, 6.07) is 28.7. The minimum Gasteiger partial charge on any atom is -0.463 e. The number of amides is 1. The van der Waals surface area contributed by atoms with Crippen LogP contribution in [0.2, 0.25) is 0 Å². The first kappa shape index (κ1) is 21.4. The third-order valence-electron chi connectivity index (χ3n) is 5.45. The van der Waals surface area contributed by atoms with Gasteiger partial charge in [-0.2, -0.15) is 0 Å². The average Bonchev–Trinajstić information content (AvgIpc) is 3.11. The maximum Gasteiger partial charge on any atom is 0.338 e. The van der Waals surface area contributed by atoms with Crippen LogP contribution in [0.5, 0.6) is 0 Å². The standard InChI is InChI=1S/C27H26N2O3/c1-2-32-27(31)23-24(28-18-20-12-6-3-7-13-20)26(30)29(19-21-14-8-4-9-15-21)25(23)22-16-10-5-11-17-22/h3-17,25,28H,2,18-19H2,1H3. The molecular weight excluding hydrogens is 400 g/mol. The molecule has 1 N–H and O–H groups in total. The molecule has 0 bridgehead atoms. The van der Waals surface area contributed by atoms with Gasteiger partial charge in [0.15, 0.2) is 0 Å². The van der Waals surface area contributed by atoms with E-state index >= 15 is 0 Å². The van der Waals surface area contributed by atoms with Crippen LogP contribution in [-0.2, 0) is 27.4 Å². The molecule has 1 heterocycles. The zero-order valence-electron chi connectivity index (χ0n) is 18.0. The molecule has 0 spiro atoms. The minimum absolute atomic E-state index is 0.207. The predicted octanol–water partition coefficient (Wildman–Crippen LogP) is 4.38. The lowest BCUT2D eigenvalue weighted by atomic mass is 9.98. The van der Waals surface area contributed by atoms with Crippen molar-refractivity contribution in [3.05, 3.63) is 119 Å². The van der Waals surface area contributed by atoms with Gasteiger partial charge in [-0.25, -0.2) is 4.79 Å². The number of esters is 1. The van der Waals surface area contributed by atoms with Crippen LogP contribution in [-0.4, -0.2) is 23.4 Å². The lowest BCUT2D eigenvalue weighted by molar-refractivity contribution is -0.139. The highest BCUT2D eigenvalue weighted by Gasteiger charge is 2.44. The van der Waals surface area contributed by atoms with Gasteiger partial charge in [-0.15, -0.1) is 0 Å². The number of rotatable bonds is 8. The van der Waals surface area contributed by atoms with Crippen molar-refractivity contribution >= 4 is 11.9 Å². The molecule has 0 radical (unpaired) electrons. The Morgan fingerprint density at radius 3 is 2.03 bits per heavy atom. The summed E-state index contributed by atoms with van der Waals surface area (Å²) in [4.78, 5) is 28.5. The second-order valence-corrected chi connectivity index (χ2v) is 7.58. The number of nitrogens with one attached hydrogen (secondary N) is 1. The van der Waals surface area contributed by atoms with Crippen molar-refractivity contribution in [3.8, 4) is 0 Å². The number of nitrogens with zero attached hydrogens (tertiary/aromatic N) is 1. The van der Waals surface area contributed by atoms with Gasteiger partial charge in [0, 0.05) is 13.1 Å². The van der Waals surface area contributed by atoms with Crippen LogP contribution >= 0.6 is 0 Å². The van der Waals surface area contributed by atoms with Gasteiger partial charge < -0.3 is 15.0 Å². The molecule has 32 heavy (non-hydrogen) atoms. The third kappa shape index (κ3) is 4.57. The minimum atomic E-state index is -0.527. The van der Waals surface area contributed by atoms with Gasteiger partial charge >= 0.3 is 5.97 Å². The molecule has 3 aromatic carbocycles. The molecule has 0 aromatic heterocycles. The first-order valence-corrected chi connectivity index (χ1v) is 10.8. The Hall–Kier alpha value is -3.86. The highest BCUT2D eigenvalue weighted by Crippen LogP contribution is 2.39. The summed E-state index contributed by atoms with van der Waals surface area (Å²) in [6.07, 6.45) is 0. The van der Waals surface area contributed by atoms with E-state index in [4.69, 9.17) is 4.74 Å². The number of carbonyl (C=O) groups is 2. The Morgan fingerprint density at radius 1 is 0.875 bits per heavy atom. The summed E-state index contributed by atoms with van der Waals surface area (Å²) in [5.41, 5.74) is 3.55. The first-order valence-electron chi connectivity index (χ1n) is 10.8. The molecule has 5 heteroatoms. The summed E-state index contributed by atoms with van der Waals surface area (Å²) in [7, 11) is 0. The average molecular weight is 427 g/mol. The van der Waals surface area contributed by atoms with E-state index in [2.05, 4.69) is 5.32 Å². The Balaban J connectivity index is 1.75. The summed E-state index contributed by atoms with van der Waals surface area (Å²) >= 11 is 0. The monoisotopic (exact) mass is 426 g/mol. The lowest BCUT2D eigenvalue weighted by Gasteiger charge is -2.27. The van der Waals surface area contributed by atoms with Crippen molar-refractivity contribution in [2.24, 2.45) is 0 Å². The molecule has 0 saturated carbocycles. The van der Waals surface area contributed by atoms with E-state index in [9.17, 15) is 9.59 Å². The molecule has 3 aromatic rings. The van der Waals surface area contributed by atoms with Crippen molar-refractivity contribution in [1.82, 2.24) is 10.2 Å². The fourth-order valence-electron chi connectivity index (χ4n) is 3.97. The van der Waals surface area contributed by atoms with Crippen LogP contribution in [0.3, 0.4) is 0 Å². The second-order valence-electron chi connectivity index (χ2n) is 7.58. The van der Waals surface area contributed by atoms with Gasteiger partial charge in [-0.3, -0.25) is 4.79 Å². The molecule has 0 fully saturated rings. The van der Waals surface area contributed by atoms with Gasteiger partial charge in [-0.05, 0) is 23.6 Å². The van der Waals surface area contributed by atoms with Crippen LogP contribution in [0.4, 0.5) is 0 Å². The van der Waals surface area contributed by atoms with Gasteiger partial charge in [0.1, 0.15) is 5.70 Å². The van der Waals surface area contributed by atoms with Crippen molar-refractivity contribution in [1.29, 1.82) is 0 Å². The van der Waals surface area contributed by atoms with Crippen LogP contribution in [0.15, 0.2) is 102 Å².